The highest BCUT2D eigenvalue weighted by atomic mass is 16.2. The van der Waals surface area contributed by atoms with Crippen LogP contribution in [0.5, 0.6) is 0 Å². The topological polar surface area (TPSA) is 77.0 Å². The van der Waals surface area contributed by atoms with E-state index in [0.29, 0.717) is 11.5 Å². The van der Waals surface area contributed by atoms with Crippen LogP contribution in [0.3, 0.4) is 0 Å². The van der Waals surface area contributed by atoms with E-state index in [4.69, 9.17) is 5.41 Å². The molecule has 0 bridgehead atoms. The van der Waals surface area contributed by atoms with E-state index in [-0.39, 0.29) is 17.5 Å². The molecule has 2 rings (SSSR count). The third kappa shape index (κ3) is 6.54. The van der Waals surface area contributed by atoms with E-state index in [1.165, 1.54) is 24.8 Å². The zero-order valence-electron chi connectivity index (χ0n) is 16.4. The standard InChI is InChI=1S/C21H32N4O/c1-15-10-12-17(13-11-15)23-19(14-18(22)21(2,3)4)25-20(26)24-16-8-6-5-7-9-16/h10-14,16,22-23H,5-9H2,1-4H3,(H2,24,25,26)/b19-14+,22-18?. The molecule has 0 heterocycles. The summed E-state index contributed by atoms with van der Waals surface area (Å²) in [6.07, 6.45) is 7.36. The number of benzene rings is 1. The molecule has 1 aliphatic rings. The van der Waals surface area contributed by atoms with Gasteiger partial charge in [0.25, 0.3) is 0 Å². The Morgan fingerprint density at radius 3 is 2.31 bits per heavy atom. The van der Waals surface area contributed by atoms with Gasteiger partial charge in [0.1, 0.15) is 5.82 Å². The van der Waals surface area contributed by atoms with E-state index in [0.717, 1.165) is 18.5 Å². The Hall–Kier alpha value is -2.30. The largest absolute Gasteiger partial charge is 0.342 e. The summed E-state index contributed by atoms with van der Waals surface area (Å²) >= 11 is 0. The molecule has 1 aliphatic carbocycles. The number of nitrogens with one attached hydrogen (secondary N) is 4. The number of anilines is 1. The number of rotatable bonds is 5. The van der Waals surface area contributed by atoms with E-state index in [2.05, 4.69) is 16.0 Å². The maximum absolute atomic E-state index is 12.4. The zero-order chi connectivity index (χ0) is 19.2. The molecule has 1 aromatic rings. The molecule has 0 atom stereocenters. The van der Waals surface area contributed by atoms with Crippen LogP contribution in [0.1, 0.15) is 58.4 Å². The number of urea groups is 1. The fourth-order valence-corrected chi connectivity index (χ4v) is 2.85. The number of hydrogen-bond acceptors (Lipinski definition) is 3. The molecule has 0 saturated heterocycles. The number of hydrogen-bond donors (Lipinski definition) is 4. The fraction of sp³-hybridized carbons (Fsp3) is 0.524. The van der Waals surface area contributed by atoms with Crippen molar-refractivity contribution >= 4 is 17.4 Å². The molecule has 2 amide bonds. The minimum absolute atomic E-state index is 0.218. The van der Waals surface area contributed by atoms with Gasteiger partial charge in [-0.15, -0.1) is 0 Å². The molecule has 0 spiro atoms. The number of carbonyl (C=O) groups excluding carboxylic acids is 1. The molecule has 5 heteroatoms. The third-order valence-corrected chi connectivity index (χ3v) is 4.62. The lowest BCUT2D eigenvalue weighted by Crippen LogP contribution is -2.43. The minimum atomic E-state index is -0.290. The van der Waals surface area contributed by atoms with Crippen LogP contribution in [0.15, 0.2) is 36.2 Å². The first kappa shape index (κ1) is 20.0. The van der Waals surface area contributed by atoms with E-state index >= 15 is 0 Å². The van der Waals surface area contributed by atoms with Crippen molar-refractivity contribution in [1.82, 2.24) is 10.6 Å². The molecule has 0 aromatic heterocycles. The highest BCUT2D eigenvalue weighted by molar-refractivity contribution is 5.97. The van der Waals surface area contributed by atoms with Gasteiger partial charge < -0.3 is 16.0 Å². The van der Waals surface area contributed by atoms with E-state index in [9.17, 15) is 4.79 Å². The predicted octanol–water partition coefficient (Wildman–Crippen LogP) is 4.95. The molecule has 0 aliphatic heterocycles. The average Bonchev–Trinajstić information content (AvgIpc) is 2.56. The molecular formula is C21H32N4O. The van der Waals surface area contributed by atoms with Crippen LogP contribution >= 0.6 is 0 Å². The molecule has 1 saturated carbocycles. The van der Waals surface area contributed by atoms with Gasteiger partial charge >= 0.3 is 6.03 Å². The van der Waals surface area contributed by atoms with E-state index in [1.54, 1.807) is 6.08 Å². The van der Waals surface area contributed by atoms with Gasteiger partial charge in [0.15, 0.2) is 0 Å². The van der Waals surface area contributed by atoms with Crippen molar-refractivity contribution in [2.24, 2.45) is 5.41 Å². The smallest absolute Gasteiger partial charge is 0.320 e. The summed E-state index contributed by atoms with van der Waals surface area (Å²) in [6.45, 7) is 7.98. The number of carbonyl (C=O) groups is 1. The second-order valence-corrected chi connectivity index (χ2v) is 8.15. The maximum atomic E-state index is 12.4. The molecule has 142 valence electrons. The Labute approximate surface area is 157 Å². The average molecular weight is 357 g/mol. The predicted molar refractivity (Wildman–Crippen MR) is 109 cm³/mol. The Balaban J connectivity index is 2.08. The first-order chi connectivity index (χ1) is 12.2. The molecule has 1 aromatic carbocycles. The van der Waals surface area contributed by atoms with Crippen LogP contribution in [0, 0.1) is 17.7 Å². The Morgan fingerprint density at radius 1 is 1.12 bits per heavy atom. The summed E-state index contributed by atoms with van der Waals surface area (Å²) < 4.78 is 0. The lowest BCUT2D eigenvalue weighted by molar-refractivity contribution is 0.235. The molecule has 0 radical (unpaired) electrons. The summed E-state index contributed by atoms with van der Waals surface area (Å²) in [6, 6.07) is 7.97. The molecule has 4 N–H and O–H groups in total. The Morgan fingerprint density at radius 2 is 1.73 bits per heavy atom. The van der Waals surface area contributed by atoms with Crippen molar-refractivity contribution in [2.75, 3.05) is 5.32 Å². The van der Waals surface area contributed by atoms with Gasteiger partial charge in [-0.1, -0.05) is 57.7 Å². The molecule has 1 fully saturated rings. The Bertz CT molecular complexity index is 650. The second kappa shape index (κ2) is 8.88. The lowest BCUT2D eigenvalue weighted by Gasteiger charge is -2.24. The molecule has 26 heavy (non-hydrogen) atoms. The molecule has 5 nitrogen and oxygen atoms in total. The number of aryl methyl sites for hydroxylation is 1. The van der Waals surface area contributed by atoms with Crippen LogP contribution in [-0.4, -0.2) is 17.8 Å². The van der Waals surface area contributed by atoms with Gasteiger partial charge in [-0.2, -0.15) is 0 Å². The zero-order valence-corrected chi connectivity index (χ0v) is 16.4. The van der Waals surface area contributed by atoms with Gasteiger partial charge in [-0.05, 0) is 31.9 Å². The third-order valence-electron chi connectivity index (χ3n) is 4.62. The SMILES string of the molecule is Cc1ccc(N/C(=C\C(=N)C(C)(C)C)NC(=O)NC2CCCCC2)cc1. The first-order valence-corrected chi connectivity index (χ1v) is 9.46. The number of amides is 2. The Kier molecular flexibility index (Phi) is 6.83. The van der Waals surface area contributed by atoms with Gasteiger partial charge in [0.2, 0.25) is 0 Å². The van der Waals surface area contributed by atoms with Gasteiger partial charge in [0, 0.05) is 28.9 Å². The van der Waals surface area contributed by atoms with Crippen LogP contribution < -0.4 is 16.0 Å². The summed E-state index contributed by atoms with van der Waals surface area (Å²) in [5, 5.41) is 17.4. The number of allylic oxidation sites excluding steroid dienone is 1. The molecular weight excluding hydrogens is 324 g/mol. The molecule has 0 unspecified atom stereocenters. The summed E-state index contributed by atoms with van der Waals surface area (Å²) in [4.78, 5) is 12.4. The van der Waals surface area contributed by atoms with Gasteiger partial charge in [0.05, 0.1) is 0 Å². The first-order valence-electron chi connectivity index (χ1n) is 9.46. The quantitative estimate of drug-likeness (QED) is 0.564. The van der Waals surface area contributed by atoms with Crippen molar-refractivity contribution in [3.63, 3.8) is 0 Å². The van der Waals surface area contributed by atoms with E-state index < -0.39 is 0 Å². The van der Waals surface area contributed by atoms with Crippen molar-refractivity contribution in [3.8, 4) is 0 Å². The second-order valence-electron chi connectivity index (χ2n) is 8.15. The van der Waals surface area contributed by atoms with Crippen LogP contribution in [0.2, 0.25) is 0 Å². The maximum Gasteiger partial charge on any atom is 0.320 e. The van der Waals surface area contributed by atoms with E-state index in [1.807, 2.05) is 52.0 Å². The lowest BCUT2D eigenvalue weighted by atomic mass is 9.90. The van der Waals surface area contributed by atoms with Crippen molar-refractivity contribution < 1.29 is 4.79 Å². The van der Waals surface area contributed by atoms with Gasteiger partial charge in [-0.3, -0.25) is 5.32 Å². The highest BCUT2D eigenvalue weighted by Gasteiger charge is 2.19. The normalized spacial score (nSPS) is 16.1. The van der Waals surface area contributed by atoms with Crippen LogP contribution in [0.25, 0.3) is 0 Å². The summed E-state index contributed by atoms with van der Waals surface area (Å²) in [7, 11) is 0. The van der Waals surface area contributed by atoms with Crippen molar-refractivity contribution in [1.29, 1.82) is 5.41 Å². The minimum Gasteiger partial charge on any atom is -0.342 e. The van der Waals surface area contributed by atoms with Crippen molar-refractivity contribution in [2.45, 2.75) is 65.8 Å². The van der Waals surface area contributed by atoms with Crippen molar-refractivity contribution in [3.05, 3.63) is 41.7 Å². The fourth-order valence-electron chi connectivity index (χ4n) is 2.85. The van der Waals surface area contributed by atoms with Crippen LogP contribution in [-0.2, 0) is 0 Å². The monoisotopic (exact) mass is 356 g/mol. The highest BCUT2D eigenvalue weighted by Crippen LogP contribution is 2.19. The summed E-state index contributed by atoms with van der Waals surface area (Å²) in [5.74, 6) is 0.516. The van der Waals surface area contributed by atoms with Gasteiger partial charge in [-0.25, -0.2) is 4.79 Å². The summed E-state index contributed by atoms with van der Waals surface area (Å²) in [5.41, 5.74) is 2.21. The van der Waals surface area contributed by atoms with Crippen LogP contribution in [0.4, 0.5) is 10.5 Å².